The van der Waals surface area contributed by atoms with Crippen molar-refractivity contribution in [3.05, 3.63) is 29.6 Å². The molecule has 1 N–H and O–H groups in total. The zero-order chi connectivity index (χ0) is 14.1. The van der Waals surface area contributed by atoms with E-state index in [1.807, 2.05) is 0 Å². The van der Waals surface area contributed by atoms with Crippen LogP contribution in [0.1, 0.15) is 19.4 Å². The van der Waals surface area contributed by atoms with Gasteiger partial charge < -0.3 is 14.6 Å². The first kappa shape index (κ1) is 15.5. The lowest BCUT2D eigenvalue weighted by Crippen LogP contribution is -2.10. The van der Waals surface area contributed by atoms with Gasteiger partial charge in [0.15, 0.2) is 11.6 Å². The van der Waals surface area contributed by atoms with Gasteiger partial charge >= 0.3 is 0 Å². The van der Waals surface area contributed by atoms with Crippen molar-refractivity contribution in [2.45, 2.75) is 13.8 Å². The van der Waals surface area contributed by atoms with Gasteiger partial charge in [-0.05, 0) is 24.1 Å². The first-order chi connectivity index (χ1) is 9.13. The minimum absolute atomic E-state index is 0.151. The number of halogens is 1. The fraction of sp³-hybridized carbons (Fsp3) is 0.467. The van der Waals surface area contributed by atoms with Crippen molar-refractivity contribution in [3.8, 4) is 17.6 Å². The van der Waals surface area contributed by atoms with E-state index in [1.165, 1.54) is 12.1 Å². The molecule has 0 radical (unpaired) electrons. The molecule has 0 atom stereocenters. The molecule has 0 aliphatic rings. The zero-order valence-corrected chi connectivity index (χ0v) is 11.3. The van der Waals surface area contributed by atoms with E-state index >= 15 is 0 Å². The van der Waals surface area contributed by atoms with Crippen molar-refractivity contribution in [2.75, 3.05) is 26.4 Å². The molecule has 1 rings (SSSR count). The average Bonchev–Trinajstić information content (AvgIpc) is 2.38. The maximum absolute atomic E-state index is 13.5. The van der Waals surface area contributed by atoms with Crippen LogP contribution in [0.25, 0.3) is 0 Å². The molecular weight excluding hydrogens is 247 g/mol. The molecule has 0 heterocycles. The van der Waals surface area contributed by atoms with Crippen molar-refractivity contribution >= 4 is 0 Å². The number of hydrogen-bond acceptors (Lipinski definition) is 3. The van der Waals surface area contributed by atoms with Crippen molar-refractivity contribution in [1.29, 1.82) is 0 Å². The molecule has 1 aromatic rings. The van der Waals surface area contributed by atoms with Gasteiger partial charge in [-0.1, -0.05) is 25.7 Å². The van der Waals surface area contributed by atoms with E-state index in [9.17, 15) is 4.39 Å². The predicted molar refractivity (Wildman–Crippen MR) is 71.5 cm³/mol. The topological polar surface area (TPSA) is 38.7 Å². The summed E-state index contributed by atoms with van der Waals surface area (Å²) in [5.74, 6) is 5.39. The molecule has 0 fully saturated rings. The third kappa shape index (κ3) is 6.23. The molecule has 0 aliphatic carbocycles. The average molecular weight is 266 g/mol. The van der Waals surface area contributed by atoms with Crippen LogP contribution >= 0.6 is 0 Å². The molecule has 0 spiro atoms. The normalized spacial score (nSPS) is 10.2. The van der Waals surface area contributed by atoms with Crippen LogP contribution in [0.3, 0.4) is 0 Å². The monoisotopic (exact) mass is 266 g/mol. The molecule has 19 heavy (non-hydrogen) atoms. The Morgan fingerprint density at radius 1 is 1.32 bits per heavy atom. The van der Waals surface area contributed by atoms with Crippen LogP contribution < -0.4 is 4.74 Å². The number of aliphatic hydroxyl groups excluding tert-OH is 1. The van der Waals surface area contributed by atoms with Crippen molar-refractivity contribution < 1.29 is 19.0 Å². The van der Waals surface area contributed by atoms with E-state index in [-0.39, 0.29) is 12.4 Å². The van der Waals surface area contributed by atoms with Crippen LogP contribution in [0, 0.1) is 23.6 Å². The largest absolute Gasteiger partial charge is 0.488 e. The quantitative estimate of drug-likeness (QED) is 0.634. The van der Waals surface area contributed by atoms with Gasteiger partial charge in [0, 0.05) is 12.2 Å². The van der Waals surface area contributed by atoms with Gasteiger partial charge in [-0.25, -0.2) is 4.39 Å². The fourth-order valence-electron chi connectivity index (χ4n) is 1.36. The lowest BCUT2D eigenvalue weighted by Gasteiger charge is -2.09. The maximum atomic E-state index is 13.5. The Balaban J connectivity index is 2.48. The predicted octanol–water partition coefficient (Wildman–Crippen LogP) is 2.22. The summed E-state index contributed by atoms with van der Waals surface area (Å²) < 4.78 is 24.1. The summed E-state index contributed by atoms with van der Waals surface area (Å²) >= 11 is 0. The molecule has 0 bridgehead atoms. The Morgan fingerprint density at radius 2 is 2.11 bits per heavy atom. The smallest absolute Gasteiger partial charge is 0.165 e. The van der Waals surface area contributed by atoms with Gasteiger partial charge in [-0.3, -0.25) is 0 Å². The van der Waals surface area contributed by atoms with Crippen LogP contribution in [-0.2, 0) is 4.74 Å². The van der Waals surface area contributed by atoms with Crippen LogP contribution in [0.15, 0.2) is 18.2 Å². The standard InChI is InChI=1S/C15H19FO3/c1-12(2)11-18-8-9-19-15-10-13(4-3-7-17)5-6-14(15)16/h5-6,10,12,17H,7-9,11H2,1-2H3. The molecule has 4 heteroatoms. The molecule has 0 saturated heterocycles. The van der Waals surface area contributed by atoms with Gasteiger partial charge in [0.25, 0.3) is 0 Å². The highest BCUT2D eigenvalue weighted by Gasteiger charge is 2.04. The summed E-state index contributed by atoms with van der Waals surface area (Å²) in [6, 6.07) is 4.35. The van der Waals surface area contributed by atoms with Crippen LogP contribution in [0.5, 0.6) is 5.75 Å². The molecule has 0 amide bonds. The Hall–Kier alpha value is -1.57. The molecule has 104 valence electrons. The maximum Gasteiger partial charge on any atom is 0.165 e. The molecule has 3 nitrogen and oxygen atoms in total. The van der Waals surface area contributed by atoms with E-state index in [4.69, 9.17) is 14.6 Å². The van der Waals surface area contributed by atoms with E-state index < -0.39 is 5.82 Å². The van der Waals surface area contributed by atoms with Gasteiger partial charge in [0.2, 0.25) is 0 Å². The van der Waals surface area contributed by atoms with Crippen LogP contribution in [0.2, 0.25) is 0 Å². The van der Waals surface area contributed by atoms with Gasteiger partial charge in [0.1, 0.15) is 13.2 Å². The first-order valence-corrected chi connectivity index (χ1v) is 6.23. The minimum Gasteiger partial charge on any atom is -0.488 e. The summed E-state index contributed by atoms with van der Waals surface area (Å²) in [5.41, 5.74) is 0.605. The molecule has 0 aliphatic heterocycles. The van der Waals surface area contributed by atoms with Crippen molar-refractivity contribution in [2.24, 2.45) is 5.92 Å². The fourth-order valence-corrected chi connectivity index (χ4v) is 1.36. The summed E-state index contributed by atoms with van der Waals surface area (Å²) in [5, 5.41) is 8.60. The van der Waals surface area contributed by atoms with Gasteiger partial charge in [0.05, 0.1) is 6.61 Å². The summed E-state index contributed by atoms with van der Waals surface area (Å²) in [4.78, 5) is 0. The number of rotatable bonds is 6. The Labute approximate surface area is 113 Å². The minimum atomic E-state index is -0.432. The van der Waals surface area contributed by atoms with Crippen LogP contribution in [0.4, 0.5) is 4.39 Å². The lowest BCUT2D eigenvalue weighted by atomic mass is 10.2. The summed E-state index contributed by atoms with van der Waals surface area (Å²) in [7, 11) is 0. The van der Waals surface area contributed by atoms with E-state index in [1.54, 1.807) is 6.07 Å². The number of ether oxygens (including phenoxy) is 2. The Kier molecular flexibility index (Phi) is 6.94. The van der Waals surface area contributed by atoms with Crippen LogP contribution in [-0.4, -0.2) is 31.5 Å². The molecule has 1 aromatic carbocycles. The zero-order valence-electron chi connectivity index (χ0n) is 11.3. The highest BCUT2D eigenvalue weighted by atomic mass is 19.1. The summed E-state index contributed by atoms with van der Waals surface area (Å²) in [6.07, 6.45) is 0. The Morgan fingerprint density at radius 3 is 2.79 bits per heavy atom. The molecule has 0 unspecified atom stereocenters. The second-order valence-corrected chi connectivity index (χ2v) is 4.42. The molecule has 0 aromatic heterocycles. The Bertz CT molecular complexity index is 446. The summed E-state index contributed by atoms with van der Waals surface area (Å²) in [6.45, 7) is 5.27. The van der Waals surface area contributed by atoms with Gasteiger partial charge in [-0.15, -0.1) is 0 Å². The van der Waals surface area contributed by atoms with E-state index in [0.717, 1.165) is 0 Å². The molecule has 0 saturated carbocycles. The SMILES string of the molecule is CC(C)COCCOc1cc(C#CCO)ccc1F. The highest BCUT2D eigenvalue weighted by molar-refractivity contribution is 5.40. The third-order valence-corrected chi connectivity index (χ3v) is 2.18. The molecular formula is C15H19FO3. The second-order valence-electron chi connectivity index (χ2n) is 4.42. The lowest BCUT2D eigenvalue weighted by molar-refractivity contribution is 0.0808. The second kappa shape index (κ2) is 8.52. The van der Waals surface area contributed by atoms with E-state index in [0.29, 0.717) is 31.3 Å². The van der Waals surface area contributed by atoms with E-state index in [2.05, 4.69) is 25.7 Å². The third-order valence-electron chi connectivity index (χ3n) is 2.18. The number of hydrogen-bond donors (Lipinski definition) is 1. The number of aliphatic hydroxyl groups is 1. The van der Waals surface area contributed by atoms with Crippen molar-refractivity contribution in [3.63, 3.8) is 0 Å². The number of benzene rings is 1. The van der Waals surface area contributed by atoms with Gasteiger partial charge in [-0.2, -0.15) is 0 Å². The first-order valence-electron chi connectivity index (χ1n) is 6.23. The highest BCUT2D eigenvalue weighted by Crippen LogP contribution is 2.18. The van der Waals surface area contributed by atoms with Crippen molar-refractivity contribution in [1.82, 2.24) is 0 Å².